The van der Waals surface area contributed by atoms with Crippen molar-refractivity contribution in [2.45, 2.75) is 90.1 Å². The molecule has 0 atom stereocenters. The fraction of sp³-hybridized carbons (Fsp3) is 0.850. The maximum absolute atomic E-state index is 11.5. The van der Waals surface area contributed by atoms with Gasteiger partial charge in [-0.25, -0.2) is 0 Å². The molecule has 2 saturated carbocycles. The van der Waals surface area contributed by atoms with Crippen molar-refractivity contribution in [2.24, 2.45) is 17.8 Å². The van der Waals surface area contributed by atoms with Gasteiger partial charge in [0.25, 0.3) is 0 Å². The number of hydrogen-bond donors (Lipinski definition) is 0. The molecule has 0 saturated heterocycles. The Balaban J connectivity index is 1.58. The summed E-state index contributed by atoms with van der Waals surface area (Å²) in [6, 6.07) is 0. The van der Waals surface area contributed by atoms with E-state index in [9.17, 15) is 4.79 Å². The van der Waals surface area contributed by atoms with Crippen molar-refractivity contribution in [3.8, 4) is 0 Å². The van der Waals surface area contributed by atoms with E-state index in [-0.39, 0.29) is 12.1 Å². The zero-order chi connectivity index (χ0) is 15.8. The Labute approximate surface area is 136 Å². The highest BCUT2D eigenvalue weighted by Gasteiger charge is 2.25. The molecule has 0 aromatic carbocycles. The zero-order valence-corrected chi connectivity index (χ0v) is 14.4. The van der Waals surface area contributed by atoms with Crippen LogP contribution in [-0.2, 0) is 9.53 Å². The quantitative estimate of drug-likeness (QED) is 0.448. The Bertz CT molecular complexity index is 334. The third-order valence-electron chi connectivity index (χ3n) is 5.93. The second kappa shape index (κ2) is 9.37. The van der Waals surface area contributed by atoms with Crippen LogP contribution in [0.1, 0.15) is 84.0 Å². The summed E-state index contributed by atoms with van der Waals surface area (Å²) in [4.78, 5) is 11.5. The highest BCUT2D eigenvalue weighted by Crippen LogP contribution is 2.36. The standard InChI is InChI=1S/C20H34O2/c1-3-5-20(21)22-19-14-12-18(13-15-19)11-10-17-8-6-16(4-2)7-9-17/h3,16-19H,1,4-15H2,2H3/t16-,17-,18?,19?. The molecule has 2 fully saturated rings. The first-order valence-electron chi connectivity index (χ1n) is 9.51. The SMILES string of the molecule is C=CCC(=O)OC1CCC(CC[C@H]2CC[C@H](CC)CC2)CC1. The van der Waals surface area contributed by atoms with E-state index in [0.717, 1.165) is 30.6 Å². The van der Waals surface area contributed by atoms with E-state index in [1.165, 1.54) is 57.8 Å². The normalized spacial score (nSPS) is 32.4. The summed E-state index contributed by atoms with van der Waals surface area (Å²) in [6.45, 7) is 5.92. The summed E-state index contributed by atoms with van der Waals surface area (Å²) in [5.74, 6) is 2.77. The van der Waals surface area contributed by atoms with Crippen LogP contribution in [0, 0.1) is 17.8 Å². The van der Waals surface area contributed by atoms with Crippen LogP contribution >= 0.6 is 0 Å². The van der Waals surface area contributed by atoms with Gasteiger partial charge in [-0.05, 0) is 43.4 Å². The number of ether oxygens (including phenoxy) is 1. The average Bonchev–Trinajstić information content (AvgIpc) is 2.55. The Kier molecular flexibility index (Phi) is 7.48. The molecule has 2 rings (SSSR count). The van der Waals surface area contributed by atoms with Gasteiger partial charge in [0.15, 0.2) is 0 Å². The molecule has 0 aliphatic heterocycles. The van der Waals surface area contributed by atoms with Crippen LogP contribution < -0.4 is 0 Å². The van der Waals surface area contributed by atoms with Gasteiger partial charge in [-0.2, -0.15) is 0 Å². The summed E-state index contributed by atoms with van der Waals surface area (Å²) < 4.78 is 5.49. The predicted octanol–water partition coefficient (Wildman–Crippen LogP) is 5.66. The Morgan fingerprint density at radius 3 is 1.95 bits per heavy atom. The molecule has 2 nitrogen and oxygen atoms in total. The highest BCUT2D eigenvalue weighted by atomic mass is 16.5. The monoisotopic (exact) mass is 306 g/mol. The van der Waals surface area contributed by atoms with Crippen LogP contribution in [0.4, 0.5) is 0 Å². The van der Waals surface area contributed by atoms with Gasteiger partial charge in [0.2, 0.25) is 0 Å². The molecule has 0 heterocycles. The van der Waals surface area contributed by atoms with Gasteiger partial charge in [0.05, 0.1) is 6.42 Å². The molecule has 126 valence electrons. The Hall–Kier alpha value is -0.790. The zero-order valence-electron chi connectivity index (χ0n) is 14.4. The third kappa shape index (κ3) is 5.78. The van der Waals surface area contributed by atoms with Crippen LogP contribution in [0.2, 0.25) is 0 Å². The highest BCUT2D eigenvalue weighted by molar-refractivity contribution is 5.71. The van der Waals surface area contributed by atoms with Gasteiger partial charge in [0.1, 0.15) is 6.10 Å². The number of carbonyl (C=O) groups is 1. The minimum absolute atomic E-state index is 0.105. The van der Waals surface area contributed by atoms with Gasteiger partial charge in [-0.1, -0.05) is 57.9 Å². The number of esters is 1. The van der Waals surface area contributed by atoms with Crippen molar-refractivity contribution in [2.75, 3.05) is 0 Å². The van der Waals surface area contributed by atoms with Crippen LogP contribution in [0.3, 0.4) is 0 Å². The maximum Gasteiger partial charge on any atom is 0.309 e. The fourth-order valence-corrected chi connectivity index (χ4v) is 4.29. The molecule has 0 spiro atoms. The molecule has 2 aliphatic rings. The van der Waals surface area contributed by atoms with Gasteiger partial charge in [-0.3, -0.25) is 4.79 Å². The van der Waals surface area contributed by atoms with Crippen molar-refractivity contribution >= 4 is 5.97 Å². The van der Waals surface area contributed by atoms with E-state index >= 15 is 0 Å². The number of rotatable bonds is 7. The molecule has 2 aliphatic carbocycles. The fourth-order valence-electron chi connectivity index (χ4n) is 4.29. The lowest BCUT2D eigenvalue weighted by Gasteiger charge is -2.31. The number of carbonyl (C=O) groups excluding carboxylic acids is 1. The van der Waals surface area contributed by atoms with Crippen molar-refractivity contribution in [1.29, 1.82) is 0 Å². The molecular weight excluding hydrogens is 272 g/mol. The van der Waals surface area contributed by atoms with E-state index in [0.29, 0.717) is 6.42 Å². The largest absolute Gasteiger partial charge is 0.462 e. The lowest BCUT2D eigenvalue weighted by atomic mass is 9.76. The lowest BCUT2D eigenvalue weighted by molar-refractivity contribution is -0.149. The van der Waals surface area contributed by atoms with Gasteiger partial charge in [0, 0.05) is 0 Å². The van der Waals surface area contributed by atoms with E-state index in [4.69, 9.17) is 4.74 Å². The Morgan fingerprint density at radius 2 is 1.45 bits per heavy atom. The molecule has 0 bridgehead atoms. The molecule has 0 radical (unpaired) electrons. The summed E-state index contributed by atoms with van der Waals surface area (Å²) in [5, 5.41) is 0. The summed E-state index contributed by atoms with van der Waals surface area (Å²) in [5.41, 5.74) is 0. The van der Waals surface area contributed by atoms with Gasteiger partial charge >= 0.3 is 5.97 Å². The lowest BCUT2D eigenvalue weighted by Crippen LogP contribution is -2.24. The molecule has 0 amide bonds. The molecule has 0 aromatic heterocycles. The Morgan fingerprint density at radius 1 is 0.955 bits per heavy atom. The third-order valence-corrected chi connectivity index (χ3v) is 5.93. The van der Waals surface area contributed by atoms with Gasteiger partial charge in [-0.15, -0.1) is 6.58 Å². The molecule has 0 unspecified atom stereocenters. The first-order chi connectivity index (χ1) is 10.7. The van der Waals surface area contributed by atoms with Crippen molar-refractivity contribution in [3.05, 3.63) is 12.7 Å². The smallest absolute Gasteiger partial charge is 0.309 e. The van der Waals surface area contributed by atoms with Crippen LogP contribution in [0.25, 0.3) is 0 Å². The van der Waals surface area contributed by atoms with Crippen LogP contribution in [-0.4, -0.2) is 12.1 Å². The molecule has 0 aromatic rings. The summed E-state index contributed by atoms with van der Waals surface area (Å²) in [7, 11) is 0. The van der Waals surface area contributed by atoms with Crippen molar-refractivity contribution in [1.82, 2.24) is 0 Å². The number of hydrogen-bond acceptors (Lipinski definition) is 2. The topological polar surface area (TPSA) is 26.3 Å². The molecule has 2 heteroatoms. The van der Waals surface area contributed by atoms with E-state index in [1.807, 2.05) is 0 Å². The first-order valence-corrected chi connectivity index (χ1v) is 9.51. The van der Waals surface area contributed by atoms with Crippen molar-refractivity contribution < 1.29 is 9.53 Å². The van der Waals surface area contributed by atoms with Crippen LogP contribution in [0.15, 0.2) is 12.7 Å². The minimum atomic E-state index is -0.105. The summed E-state index contributed by atoms with van der Waals surface area (Å²) in [6.07, 6.45) is 16.8. The minimum Gasteiger partial charge on any atom is -0.462 e. The second-order valence-electron chi connectivity index (χ2n) is 7.50. The molecule has 0 N–H and O–H groups in total. The second-order valence-corrected chi connectivity index (χ2v) is 7.50. The first kappa shape index (κ1) is 17.6. The maximum atomic E-state index is 11.5. The van der Waals surface area contributed by atoms with E-state index in [1.54, 1.807) is 6.08 Å². The summed E-state index contributed by atoms with van der Waals surface area (Å²) >= 11 is 0. The van der Waals surface area contributed by atoms with E-state index < -0.39 is 0 Å². The van der Waals surface area contributed by atoms with E-state index in [2.05, 4.69) is 13.5 Å². The van der Waals surface area contributed by atoms with Gasteiger partial charge < -0.3 is 4.74 Å². The van der Waals surface area contributed by atoms with Crippen LogP contribution in [0.5, 0.6) is 0 Å². The molecule has 22 heavy (non-hydrogen) atoms. The average molecular weight is 306 g/mol. The molecular formula is C20H34O2. The predicted molar refractivity (Wildman–Crippen MR) is 91.6 cm³/mol. The van der Waals surface area contributed by atoms with Crippen molar-refractivity contribution in [3.63, 3.8) is 0 Å².